The van der Waals surface area contributed by atoms with Crippen LogP contribution in [0.15, 0.2) is 24.4 Å². The van der Waals surface area contributed by atoms with Crippen LogP contribution in [0.3, 0.4) is 0 Å². The number of allylic oxidation sites excluding steroid dienone is 2. The van der Waals surface area contributed by atoms with E-state index in [0.717, 1.165) is 0 Å². The van der Waals surface area contributed by atoms with Crippen molar-refractivity contribution >= 4 is 12.6 Å². The Hall–Kier alpha value is -0.970. The van der Waals surface area contributed by atoms with Crippen molar-refractivity contribution in [3.63, 3.8) is 0 Å². The molecular formula is C5H6N2O2S. The second-order valence-corrected chi connectivity index (χ2v) is 2.53. The van der Waals surface area contributed by atoms with Crippen LogP contribution < -0.4 is 5.32 Å². The number of hydrogen-bond acceptors (Lipinski definition) is 4. The lowest BCUT2D eigenvalue weighted by molar-refractivity contribution is -0.529. The number of thiol groups is 1. The Morgan fingerprint density at radius 1 is 1.60 bits per heavy atom. The SMILES string of the molecule is O=[N+]([O-])C1(S)C=CC=CN1. The highest BCUT2D eigenvalue weighted by Crippen LogP contribution is 2.15. The van der Waals surface area contributed by atoms with Crippen molar-refractivity contribution in [1.29, 1.82) is 0 Å². The van der Waals surface area contributed by atoms with E-state index in [1.165, 1.54) is 12.3 Å². The van der Waals surface area contributed by atoms with E-state index in [1.807, 2.05) is 0 Å². The minimum atomic E-state index is -1.42. The summed E-state index contributed by atoms with van der Waals surface area (Å²) in [5, 5.41) is 12.8. The van der Waals surface area contributed by atoms with E-state index in [0.29, 0.717) is 0 Å². The number of nitrogens with one attached hydrogen (secondary N) is 1. The van der Waals surface area contributed by atoms with E-state index in [2.05, 4.69) is 17.9 Å². The summed E-state index contributed by atoms with van der Waals surface area (Å²) in [6.07, 6.45) is 6.09. The summed E-state index contributed by atoms with van der Waals surface area (Å²) < 4.78 is 0. The van der Waals surface area contributed by atoms with E-state index in [9.17, 15) is 10.1 Å². The summed E-state index contributed by atoms with van der Waals surface area (Å²) in [5.41, 5.74) is 0. The monoisotopic (exact) mass is 158 g/mol. The lowest BCUT2D eigenvalue weighted by Gasteiger charge is -2.17. The number of dihydropyridines is 1. The molecule has 0 bridgehead atoms. The van der Waals surface area contributed by atoms with E-state index in [-0.39, 0.29) is 0 Å². The predicted octanol–water partition coefficient (Wildman–Crippen LogP) is 0.520. The molecule has 1 heterocycles. The molecule has 0 spiro atoms. The average Bonchev–Trinajstić information content (AvgIpc) is 1.89. The third-order valence-electron chi connectivity index (χ3n) is 1.11. The Morgan fingerprint density at radius 3 is 2.60 bits per heavy atom. The molecule has 0 aromatic rings. The quantitative estimate of drug-likeness (QED) is 0.253. The molecule has 1 N–H and O–H groups in total. The summed E-state index contributed by atoms with van der Waals surface area (Å²) in [6, 6.07) is 0. The van der Waals surface area contributed by atoms with Crippen molar-refractivity contribution in [2.24, 2.45) is 0 Å². The van der Waals surface area contributed by atoms with E-state index < -0.39 is 9.92 Å². The highest BCUT2D eigenvalue weighted by molar-refractivity contribution is 7.81. The van der Waals surface area contributed by atoms with Gasteiger partial charge in [-0.3, -0.25) is 10.1 Å². The minimum absolute atomic E-state index is 0.504. The van der Waals surface area contributed by atoms with Crippen LogP contribution in [0.4, 0.5) is 0 Å². The first kappa shape index (κ1) is 7.14. The van der Waals surface area contributed by atoms with Gasteiger partial charge in [-0.2, -0.15) is 0 Å². The Kier molecular flexibility index (Phi) is 1.67. The van der Waals surface area contributed by atoms with Gasteiger partial charge in [0.2, 0.25) is 0 Å². The van der Waals surface area contributed by atoms with Crippen molar-refractivity contribution < 1.29 is 4.92 Å². The van der Waals surface area contributed by atoms with Gasteiger partial charge in [-0.15, -0.1) is 0 Å². The smallest absolute Gasteiger partial charge is 0.315 e. The summed E-state index contributed by atoms with van der Waals surface area (Å²) >= 11 is 3.80. The van der Waals surface area contributed by atoms with E-state index in [4.69, 9.17) is 0 Å². The van der Waals surface area contributed by atoms with Gasteiger partial charge in [-0.1, -0.05) is 18.7 Å². The van der Waals surface area contributed by atoms with Crippen molar-refractivity contribution in [2.75, 3.05) is 0 Å². The number of nitrogens with zero attached hydrogens (tertiary/aromatic N) is 1. The first-order valence-electron chi connectivity index (χ1n) is 2.64. The van der Waals surface area contributed by atoms with Gasteiger partial charge in [-0.05, 0) is 6.08 Å². The maximum absolute atomic E-state index is 10.3. The van der Waals surface area contributed by atoms with Gasteiger partial charge in [0.1, 0.15) is 0 Å². The maximum Gasteiger partial charge on any atom is 0.358 e. The van der Waals surface area contributed by atoms with Gasteiger partial charge in [-0.25, -0.2) is 0 Å². The standard InChI is InChI=1S/C5H6N2O2S/c8-7(9)5(10)3-1-2-4-6-5/h1-4,6,10H. The van der Waals surface area contributed by atoms with Crippen LogP contribution >= 0.6 is 12.6 Å². The fourth-order valence-electron chi connectivity index (χ4n) is 0.578. The van der Waals surface area contributed by atoms with Crippen LogP contribution in [0, 0.1) is 10.1 Å². The highest BCUT2D eigenvalue weighted by atomic mass is 32.1. The third-order valence-corrected chi connectivity index (χ3v) is 1.55. The first-order valence-corrected chi connectivity index (χ1v) is 3.09. The number of rotatable bonds is 1. The predicted molar refractivity (Wildman–Crippen MR) is 40.1 cm³/mol. The molecule has 54 valence electrons. The Bertz CT molecular complexity index is 214. The maximum atomic E-state index is 10.3. The summed E-state index contributed by atoms with van der Waals surface area (Å²) in [5.74, 6) is 0. The molecule has 10 heavy (non-hydrogen) atoms. The van der Waals surface area contributed by atoms with Gasteiger partial charge >= 0.3 is 4.99 Å². The lowest BCUT2D eigenvalue weighted by Crippen LogP contribution is -2.43. The Morgan fingerprint density at radius 2 is 2.30 bits per heavy atom. The molecule has 0 amide bonds. The molecule has 5 heteroatoms. The molecule has 1 unspecified atom stereocenters. The second kappa shape index (κ2) is 2.34. The minimum Gasteiger partial charge on any atom is -0.315 e. The van der Waals surface area contributed by atoms with Crippen molar-refractivity contribution in [3.05, 3.63) is 34.5 Å². The largest absolute Gasteiger partial charge is 0.358 e. The van der Waals surface area contributed by atoms with Crippen LogP contribution in [0.2, 0.25) is 0 Å². The van der Waals surface area contributed by atoms with Gasteiger partial charge in [0.15, 0.2) is 0 Å². The molecule has 0 fully saturated rings. The summed E-state index contributed by atoms with van der Waals surface area (Å²) in [7, 11) is 0. The molecular weight excluding hydrogens is 152 g/mol. The Balaban J connectivity index is 2.80. The van der Waals surface area contributed by atoms with Gasteiger partial charge in [0, 0.05) is 12.3 Å². The molecule has 1 aliphatic rings. The van der Waals surface area contributed by atoms with Crippen LogP contribution in [0.25, 0.3) is 0 Å². The fraction of sp³-hybridized carbons (Fsp3) is 0.200. The van der Waals surface area contributed by atoms with Crippen LogP contribution in [-0.2, 0) is 0 Å². The summed E-state index contributed by atoms with van der Waals surface area (Å²) in [4.78, 5) is 8.33. The van der Waals surface area contributed by atoms with E-state index >= 15 is 0 Å². The zero-order valence-electron chi connectivity index (χ0n) is 5.02. The third kappa shape index (κ3) is 1.13. The van der Waals surface area contributed by atoms with Crippen LogP contribution in [0.1, 0.15) is 0 Å². The van der Waals surface area contributed by atoms with E-state index in [1.54, 1.807) is 12.2 Å². The van der Waals surface area contributed by atoms with Gasteiger partial charge in [0.05, 0.1) is 4.92 Å². The summed E-state index contributed by atoms with van der Waals surface area (Å²) in [6.45, 7) is 0. The molecule has 0 aliphatic carbocycles. The van der Waals surface area contributed by atoms with Crippen molar-refractivity contribution in [1.82, 2.24) is 5.32 Å². The molecule has 1 rings (SSSR count). The lowest BCUT2D eigenvalue weighted by atomic mass is 10.3. The highest BCUT2D eigenvalue weighted by Gasteiger charge is 2.34. The molecule has 1 atom stereocenters. The van der Waals surface area contributed by atoms with Crippen LogP contribution in [0.5, 0.6) is 0 Å². The second-order valence-electron chi connectivity index (χ2n) is 1.85. The van der Waals surface area contributed by atoms with Crippen molar-refractivity contribution in [3.8, 4) is 0 Å². The molecule has 0 aromatic carbocycles. The fourth-order valence-corrected chi connectivity index (χ4v) is 0.738. The average molecular weight is 158 g/mol. The normalized spacial score (nSPS) is 29.7. The molecule has 1 aliphatic heterocycles. The molecule has 4 nitrogen and oxygen atoms in total. The molecule has 0 saturated carbocycles. The first-order chi connectivity index (χ1) is 4.65. The molecule has 0 aromatic heterocycles. The molecule has 0 radical (unpaired) electrons. The topological polar surface area (TPSA) is 55.2 Å². The zero-order valence-corrected chi connectivity index (χ0v) is 5.91. The van der Waals surface area contributed by atoms with Gasteiger partial charge < -0.3 is 5.32 Å². The Labute approximate surface area is 63.2 Å². The van der Waals surface area contributed by atoms with Crippen molar-refractivity contribution in [2.45, 2.75) is 4.99 Å². The number of nitro groups is 1. The van der Waals surface area contributed by atoms with Gasteiger partial charge in [0.25, 0.3) is 0 Å². The molecule has 0 saturated heterocycles. The van der Waals surface area contributed by atoms with Crippen LogP contribution in [-0.4, -0.2) is 9.92 Å². The zero-order chi connectivity index (χ0) is 7.61. The number of hydrogen-bond donors (Lipinski definition) is 2.